The molecule has 1 N–H and O–H groups in total. The number of benzene rings is 1. The Bertz CT molecular complexity index is 434. The van der Waals surface area contributed by atoms with Gasteiger partial charge in [0.25, 0.3) is 5.91 Å². The molecule has 3 nitrogen and oxygen atoms in total. The summed E-state index contributed by atoms with van der Waals surface area (Å²) in [6.45, 7) is 9.66. The average molecular weight is 312 g/mol. The number of halogens is 1. The first kappa shape index (κ1) is 14.8. The van der Waals surface area contributed by atoms with Crippen LogP contribution in [0.25, 0.3) is 0 Å². The lowest BCUT2D eigenvalue weighted by molar-refractivity contribution is -0.127. The van der Waals surface area contributed by atoms with Gasteiger partial charge in [-0.2, -0.15) is 0 Å². The molecule has 0 fully saturated rings. The maximum Gasteiger partial charge on any atom is 0.261 e. The summed E-state index contributed by atoms with van der Waals surface area (Å²) in [6.07, 6.45) is 1.12. The van der Waals surface area contributed by atoms with Gasteiger partial charge in [0.05, 0.1) is 0 Å². The van der Waals surface area contributed by atoms with Gasteiger partial charge in [-0.3, -0.25) is 4.79 Å². The molecule has 0 aliphatic heterocycles. The highest BCUT2D eigenvalue weighted by Crippen LogP contribution is 2.28. The Morgan fingerprint density at radius 2 is 2.06 bits per heavy atom. The van der Waals surface area contributed by atoms with Crippen LogP contribution in [-0.4, -0.2) is 18.6 Å². The SMILES string of the molecule is C=CCNC(=O)[C@@H](C)Oc1c(C)cc(Br)cc1C. The Hall–Kier alpha value is -1.29. The fraction of sp³-hybridized carbons (Fsp3) is 0.357. The molecule has 1 aromatic rings. The van der Waals surface area contributed by atoms with E-state index >= 15 is 0 Å². The Balaban J connectivity index is 2.78. The van der Waals surface area contributed by atoms with Crippen LogP contribution in [0, 0.1) is 13.8 Å². The van der Waals surface area contributed by atoms with Crippen molar-refractivity contribution in [1.82, 2.24) is 5.32 Å². The van der Waals surface area contributed by atoms with E-state index in [0.717, 1.165) is 21.3 Å². The van der Waals surface area contributed by atoms with E-state index in [9.17, 15) is 4.79 Å². The number of carbonyl (C=O) groups excluding carboxylic acids is 1. The minimum absolute atomic E-state index is 0.142. The van der Waals surface area contributed by atoms with E-state index in [1.165, 1.54) is 0 Å². The fourth-order valence-corrected chi connectivity index (χ4v) is 2.32. The fourth-order valence-electron chi connectivity index (χ4n) is 1.63. The highest BCUT2D eigenvalue weighted by Gasteiger charge is 2.16. The van der Waals surface area contributed by atoms with Gasteiger partial charge in [0, 0.05) is 11.0 Å². The van der Waals surface area contributed by atoms with Crippen LogP contribution in [0.3, 0.4) is 0 Å². The lowest BCUT2D eigenvalue weighted by Crippen LogP contribution is -2.36. The molecule has 0 aromatic heterocycles. The van der Waals surface area contributed by atoms with E-state index in [0.29, 0.717) is 6.54 Å². The number of amides is 1. The van der Waals surface area contributed by atoms with Crippen molar-refractivity contribution < 1.29 is 9.53 Å². The molecule has 0 radical (unpaired) electrons. The number of rotatable bonds is 5. The molecular weight excluding hydrogens is 294 g/mol. The predicted molar refractivity (Wildman–Crippen MR) is 76.9 cm³/mol. The van der Waals surface area contributed by atoms with Gasteiger partial charge in [0.15, 0.2) is 6.10 Å². The molecule has 18 heavy (non-hydrogen) atoms. The summed E-state index contributed by atoms with van der Waals surface area (Å²) in [4.78, 5) is 11.7. The summed E-state index contributed by atoms with van der Waals surface area (Å²) in [6, 6.07) is 3.94. The average Bonchev–Trinajstić information content (AvgIpc) is 2.30. The number of ether oxygens (including phenoxy) is 1. The van der Waals surface area contributed by atoms with Crippen LogP contribution in [0.2, 0.25) is 0 Å². The van der Waals surface area contributed by atoms with Gasteiger partial charge in [-0.05, 0) is 44.0 Å². The van der Waals surface area contributed by atoms with Crippen LogP contribution in [0.5, 0.6) is 5.75 Å². The zero-order valence-corrected chi connectivity index (χ0v) is 12.5. The van der Waals surface area contributed by atoms with Gasteiger partial charge >= 0.3 is 0 Å². The third-order valence-electron chi connectivity index (χ3n) is 2.51. The second-order valence-electron chi connectivity index (χ2n) is 4.16. The first-order chi connectivity index (χ1) is 8.45. The van der Waals surface area contributed by atoms with Crippen LogP contribution < -0.4 is 10.1 Å². The number of carbonyl (C=O) groups is 1. The van der Waals surface area contributed by atoms with Crippen LogP contribution in [-0.2, 0) is 4.79 Å². The molecule has 0 aliphatic carbocycles. The summed E-state index contributed by atoms with van der Waals surface area (Å²) < 4.78 is 6.73. The van der Waals surface area contributed by atoms with Gasteiger partial charge in [0.2, 0.25) is 0 Å². The van der Waals surface area contributed by atoms with Crippen molar-refractivity contribution in [3.63, 3.8) is 0 Å². The van der Waals surface area contributed by atoms with Crippen molar-refractivity contribution >= 4 is 21.8 Å². The minimum Gasteiger partial charge on any atom is -0.480 e. The summed E-state index contributed by atoms with van der Waals surface area (Å²) in [5.41, 5.74) is 2.01. The largest absolute Gasteiger partial charge is 0.480 e. The van der Waals surface area contributed by atoms with Crippen molar-refractivity contribution in [2.75, 3.05) is 6.54 Å². The zero-order chi connectivity index (χ0) is 13.7. The first-order valence-corrected chi connectivity index (χ1v) is 6.57. The Morgan fingerprint density at radius 3 is 2.56 bits per heavy atom. The maximum atomic E-state index is 11.7. The third kappa shape index (κ3) is 3.88. The topological polar surface area (TPSA) is 38.3 Å². The molecule has 1 atom stereocenters. The quantitative estimate of drug-likeness (QED) is 0.848. The van der Waals surface area contributed by atoms with E-state index in [4.69, 9.17) is 4.74 Å². The summed E-state index contributed by atoms with van der Waals surface area (Å²) in [5.74, 6) is 0.621. The number of aryl methyl sites for hydroxylation is 2. The van der Waals surface area contributed by atoms with Crippen molar-refractivity contribution in [2.45, 2.75) is 26.9 Å². The Labute approximate surface area is 116 Å². The highest BCUT2D eigenvalue weighted by atomic mass is 79.9. The van der Waals surface area contributed by atoms with Crippen LogP contribution in [0.4, 0.5) is 0 Å². The second kappa shape index (κ2) is 6.59. The number of hydrogen-bond donors (Lipinski definition) is 1. The standard InChI is InChI=1S/C14H18BrNO2/c1-5-6-16-14(17)11(4)18-13-9(2)7-12(15)8-10(13)3/h5,7-8,11H,1,6H2,2-4H3,(H,16,17)/t11-/m1/s1. The van der Waals surface area contributed by atoms with Crippen molar-refractivity contribution in [3.8, 4) is 5.75 Å². The van der Waals surface area contributed by atoms with E-state index in [1.54, 1.807) is 13.0 Å². The molecule has 0 unspecified atom stereocenters. The maximum absolute atomic E-state index is 11.7. The Morgan fingerprint density at radius 1 is 1.50 bits per heavy atom. The summed E-state index contributed by atoms with van der Waals surface area (Å²) in [7, 11) is 0. The lowest BCUT2D eigenvalue weighted by Gasteiger charge is -2.18. The van der Waals surface area contributed by atoms with Gasteiger partial charge in [-0.15, -0.1) is 6.58 Å². The third-order valence-corrected chi connectivity index (χ3v) is 2.97. The molecule has 1 rings (SSSR count). The second-order valence-corrected chi connectivity index (χ2v) is 5.08. The van der Waals surface area contributed by atoms with E-state index in [2.05, 4.69) is 27.8 Å². The first-order valence-electron chi connectivity index (χ1n) is 5.77. The molecule has 1 amide bonds. The Kier molecular flexibility index (Phi) is 5.41. The molecule has 98 valence electrons. The van der Waals surface area contributed by atoms with Crippen LogP contribution >= 0.6 is 15.9 Å². The van der Waals surface area contributed by atoms with E-state index < -0.39 is 6.10 Å². The molecule has 0 bridgehead atoms. The molecule has 0 saturated carbocycles. The van der Waals surface area contributed by atoms with Crippen LogP contribution in [0.15, 0.2) is 29.3 Å². The molecule has 4 heteroatoms. The molecule has 0 heterocycles. The highest BCUT2D eigenvalue weighted by molar-refractivity contribution is 9.10. The van der Waals surface area contributed by atoms with Gasteiger partial charge in [-0.1, -0.05) is 22.0 Å². The summed E-state index contributed by atoms with van der Waals surface area (Å²) in [5, 5.41) is 2.71. The smallest absolute Gasteiger partial charge is 0.261 e. The van der Waals surface area contributed by atoms with Gasteiger partial charge in [0.1, 0.15) is 5.75 Å². The molecule has 0 aliphatic rings. The number of hydrogen-bond acceptors (Lipinski definition) is 2. The normalized spacial score (nSPS) is 11.8. The molecular formula is C14H18BrNO2. The van der Waals surface area contributed by atoms with Gasteiger partial charge in [-0.25, -0.2) is 0 Å². The molecule has 1 aromatic carbocycles. The molecule has 0 saturated heterocycles. The van der Waals surface area contributed by atoms with Gasteiger partial charge < -0.3 is 10.1 Å². The van der Waals surface area contributed by atoms with E-state index in [1.807, 2.05) is 26.0 Å². The van der Waals surface area contributed by atoms with Crippen molar-refractivity contribution in [2.24, 2.45) is 0 Å². The lowest BCUT2D eigenvalue weighted by atomic mass is 10.1. The summed E-state index contributed by atoms with van der Waals surface area (Å²) >= 11 is 3.43. The van der Waals surface area contributed by atoms with Crippen molar-refractivity contribution in [1.29, 1.82) is 0 Å². The monoisotopic (exact) mass is 311 g/mol. The zero-order valence-electron chi connectivity index (χ0n) is 10.9. The number of nitrogens with one attached hydrogen (secondary N) is 1. The molecule has 0 spiro atoms. The van der Waals surface area contributed by atoms with Crippen molar-refractivity contribution in [3.05, 3.63) is 40.4 Å². The van der Waals surface area contributed by atoms with E-state index in [-0.39, 0.29) is 5.91 Å². The predicted octanol–water partition coefficient (Wildman–Crippen LogP) is 3.14. The minimum atomic E-state index is -0.525. The van der Waals surface area contributed by atoms with Crippen LogP contribution in [0.1, 0.15) is 18.1 Å².